The van der Waals surface area contributed by atoms with Gasteiger partial charge >= 0.3 is 0 Å². The van der Waals surface area contributed by atoms with Crippen LogP contribution < -0.4 is 5.32 Å². The number of anilines is 1. The summed E-state index contributed by atoms with van der Waals surface area (Å²) in [5.74, 6) is 1.71. The Hall–Kier alpha value is -1.88. The molecule has 2 heterocycles. The van der Waals surface area contributed by atoms with Crippen LogP contribution in [-0.2, 0) is 4.74 Å². The van der Waals surface area contributed by atoms with E-state index in [1.807, 2.05) is 24.3 Å². The number of para-hydroxylation sites is 1. The molecular weight excluding hydrogens is 254 g/mol. The second kappa shape index (κ2) is 6.05. The lowest BCUT2D eigenvalue weighted by Gasteiger charge is -2.23. The van der Waals surface area contributed by atoms with Gasteiger partial charge in [-0.05, 0) is 30.9 Å². The third kappa shape index (κ3) is 2.99. The number of aromatic nitrogens is 2. The number of ether oxygens (including phenoxy) is 1. The molecule has 106 valence electrons. The fourth-order valence-corrected chi connectivity index (χ4v) is 2.45. The zero-order chi connectivity index (χ0) is 13.8. The number of benzene rings is 1. The Bertz CT molecular complexity index is 562. The first-order chi connectivity index (χ1) is 9.83. The molecule has 1 fully saturated rings. The molecular formula is C15H19N3O2. The quantitative estimate of drug-likeness (QED) is 0.928. The maximum absolute atomic E-state index is 5.52. The SMILES string of the molecule is Cc1nnc(-c2ccccc2NCC2CCCOC2)o1. The van der Waals surface area contributed by atoms with Crippen molar-refractivity contribution in [3.8, 4) is 11.5 Å². The van der Waals surface area contributed by atoms with E-state index in [1.54, 1.807) is 6.92 Å². The number of rotatable bonds is 4. The minimum atomic E-state index is 0.561. The van der Waals surface area contributed by atoms with E-state index in [9.17, 15) is 0 Å². The third-order valence-corrected chi connectivity index (χ3v) is 3.52. The standard InChI is InChI=1S/C15H19N3O2/c1-11-17-18-15(20-11)13-6-2-3-7-14(13)16-9-12-5-4-8-19-10-12/h2-3,6-7,12,16H,4-5,8-10H2,1H3. The first kappa shape index (κ1) is 13.1. The number of nitrogens with one attached hydrogen (secondary N) is 1. The van der Waals surface area contributed by atoms with E-state index in [0.717, 1.165) is 37.4 Å². The zero-order valence-corrected chi connectivity index (χ0v) is 11.6. The Morgan fingerprint density at radius 1 is 1.30 bits per heavy atom. The van der Waals surface area contributed by atoms with E-state index >= 15 is 0 Å². The molecule has 0 aliphatic carbocycles. The molecule has 5 heteroatoms. The van der Waals surface area contributed by atoms with Crippen LogP contribution in [0.5, 0.6) is 0 Å². The summed E-state index contributed by atoms with van der Waals surface area (Å²) in [4.78, 5) is 0. The topological polar surface area (TPSA) is 60.2 Å². The van der Waals surface area contributed by atoms with E-state index < -0.39 is 0 Å². The first-order valence-corrected chi connectivity index (χ1v) is 7.04. The maximum atomic E-state index is 5.52. The molecule has 0 amide bonds. The van der Waals surface area contributed by atoms with Crippen LogP contribution in [-0.4, -0.2) is 30.0 Å². The van der Waals surface area contributed by atoms with E-state index in [-0.39, 0.29) is 0 Å². The van der Waals surface area contributed by atoms with Crippen LogP contribution in [0.4, 0.5) is 5.69 Å². The summed E-state index contributed by atoms with van der Waals surface area (Å²) in [6.45, 7) is 4.44. The van der Waals surface area contributed by atoms with Gasteiger partial charge in [0.1, 0.15) is 0 Å². The number of aryl methyl sites for hydroxylation is 1. The molecule has 1 aromatic carbocycles. The Kier molecular flexibility index (Phi) is 3.97. The van der Waals surface area contributed by atoms with Crippen LogP contribution in [0.3, 0.4) is 0 Å². The van der Waals surface area contributed by atoms with Crippen molar-refractivity contribution in [2.24, 2.45) is 5.92 Å². The maximum Gasteiger partial charge on any atom is 0.249 e. The van der Waals surface area contributed by atoms with Gasteiger partial charge in [-0.3, -0.25) is 0 Å². The minimum Gasteiger partial charge on any atom is -0.421 e. The second-order valence-corrected chi connectivity index (χ2v) is 5.14. The van der Waals surface area contributed by atoms with Crippen molar-refractivity contribution in [3.05, 3.63) is 30.2 Å². The Morgan fingerprint density at radius 2 is 2.20 bits per heavy atom. The van der Waals surface area contributed by atoms with Gasteiger partial charge in [0.2, 0.25) is 11.8 Å². The average Bonchev–Trinajstić information content (AvgIpc) is 2.93. The van der Waals surface area contributed by atoms with Gasteiger partial charge < -0.3 is 14.5 Å². The van der Waals surface area contributed by atoms with Crippen molar-refractivity contribution in [2.45, 2.75) is 19.8 Å². The summed E-state index contributed by atoms with van der Waals surface area (Å²) in [7, 11) is 0. The molecule has 20 heavy (non-hydrogen) atoms. The van der Waals surface area contributed by atoms with Gasteiger partial charge in [-0.25, -0.2) is 0 Å². The lowest BCUT2D eigenvalue weighted by atomic mass is 10.0. The summed E-state index contributed by atoms with van der Waals surface area (Å²) in [5, 5.41) is 11.5. The van der Waals surface area contributed by atoms with Gasteiger partial charge in [-0.15, -0.1) is 10.2 Å². The molecule has 5 nitrogen and oxygen atoms in total. The van der Waals surface area contributed by atoms with Gasteiger partial charge in [0.25, 0.3) is 0 Å². The zero-order valence-electron chi connectivity index (χ0n) is 11.6. The van der Waals surface area contributed by atoms with Crippen molar-refractivity contribution >= 4 is 5.69 Å². The van der Waals surface area contributed by atoms with Crippen LogP contribution in [0.1, 0.15) is 18.7 Å². The Morgan fingerprint density at radius 3 is 2.95 bits per heavy atom. The molecule has 2 aromatic rings. The van der Waals surface area contributed by atoms with Crippen molar-refractivity contribution in [2.75, 3.05) is 25.1 Å². The predicted molar refractivity (Wildman–Crippen MR) is 76.5 cm³/mol. The van der Waals surface area contributed by atoms with E-state index in [0.29, 0.717) is 17.7 Å². The average molecular weight is 273 g/mol. The molecule has 1 aromatic heterocycles. The molecule has 3 rings (SSSR count). The fraction of sp³-hybridized carbons (Fsp3) is 0.467. The van der Waals surface area contributed by atoms with Gasteiger partial charge in [-0.1, -0.05) is 12.1 Å². The van der Waals surface area contributed by atoms with Crippen molar-refractivity contribution < 1.29 is 9.15 Å². The van der Waals surface area contributed by atoms with Crippen LogP contribution in [0.2, 0.25) is 0 Å². The van der Waals surface area contributed by atoms with Crippen LogP contribution in [0.25, 0.3) is 11.5 Å². The largest absolute Gasteiger partial charge is 0.421 e. The monoisotopic (exact) mass is 273 g/mol. The molecule has 1 saturated heterocycles. The highest BCUT2D eigenvalue weighted by Gasteiger charge is 2.15. The summed E-state index contributed by atoms with van der Waals surface area (Å²) in [5.41, 5.74) is 1.98. The lowest BCUT2D eigenvalue weighted by molar-refractivity contribution is 0.0595. The van der Waals surface area contributed by atoms with Crippen LogP contribution in [0.15, 0.2) is 28.7 Å². The summed E-state index contributed by atoms with van der Waals surface area (Å²) < 4.78 is 11.0. The molecule has 0 spiro atoms. The number of nitrogens with zero attached hydrogens (tertiary/aromatic N) is 2. The van der Waals surface area contributed by atoms with E-state index in [1.165, 1.54) is 6.42 Å². The predicted octanol–water partition coefficient (Wildman–Crippen LogP) is 2.88. The molecule has 0 radical (unpaired) electrons. The highest BCUT2D eigenvalue weighted by atomic mass is 16.5. The Labute approximate surface area is 118 Å². The van der Waals surface area contributed by atoms with Crippen molar-refractivity contribution in [3.63, 3.8) is 0 Å². The van der Waals surface area contributed by atoms with Crippen molar-refractivity contribution in [1.82, 2.24) is 10.2 Å². The lowest BCUT2D eigenvalue weighted by Crippen LogP contribution is -2.24. The normalized spacial score (nSPS) is 18.9. The van der Waals surface area contributed by atoms with Crippen LogP contribution in [0, 0.1) is 12.8 Å². The van der Waals surface area contributed by atoms with Gasteiger partial charge in [0.05, 0.1) is 12.2 Å². The van der Waals surface area contributed by atoms with Gasteiger partial charge in [0, 0.05) is 25.8 Å². The molecule has 1 N–H and O–H groups in total. The van der Waals surface area contributed by atoms with Crippen molar-refractivity contribution in [1.29, 1.82) is 0 Å². The molecule has 1 unspecified atom stereocenters. The molecule has 1 atom stereocenters. The first-order valence-electron chi connectivity index (χ1n) is 7.04. The summed E-state index contributed by atoms with van der Waals surface area (Å²) in [6, 6.07) is 8.02. The second-order valence-electron chi connectivity index (χ2n) is 5.14. The summed E-state index contributed by atoms with van der Waals surface area (Å²) in [6.07, 6.45) is 2.37. The van der Waals surface area contributed by atoms with Crippen LogP contribution >= 0.6 is 0 Å². The fourth-order valence-electron chi connectivity index (χ4n) is 2.45. The molecule has 0 bridgehead atoms. The van der Waals surface area contributed by atoms with Gasteiger partial charge in [0.15, 0.2) is 0 Å². The highest BCUT2D eigenvalue weighted by Crippen LogP contribution is 2.27. The smallest absolute Gasteiger partial charge is 0.249 e. The summed E-state index contributed by atoms with van der Waals surface area (Å²) >= 11 is 0. The molecule has 0 saturated carbocycles. The minimum absolute atomic E-state index is 0.561. The van der Waals surface area contributed by atoms with E-state index in [2.05, 4.69) is 15.5 Å². The molecule has 1 aliphatic heterocycles. The third-order valence-electron chi connectivity index (χ3n) is 3.52. The highest BCUT2D eigenvalue weighted by molar-refractivity contribution is 5.72. The van der Waals surface area contributed by atoms with Gasteiger partial charge in [-0.2, -0.15) is 0 Å². The number of hydrogen-bond donors (Lipinski definition) is 1. The number of hydrogen-bond acceptors (Lipinski definition) is 5. The van der Waals surface area contributed by atoms with E-state index in [4.69, 9.17) is 9.15 Å². The Balaban J connectivity index is 1.72. The molecule has 1 aliphatic rings.